The molecule has 8 heteroatoms. The molecule has 0 saturated heterocycles. The molecule has 4 aromatic rings. The van der Waals surface area contributed by atoms with Gasteiger partial charge in [0.05, 0.1) is 17.4 Å². The average molecular weight is 460 g/mol. The minimum absolute atomic E-state index is 0.0770. The topological polar surface area (TPSA) is 90.4 Å². The molecule has 1 aliphatic carbocycles. The Hall–Kier alpha value is -3.68. The van der Waals surface area contributed by atoms with Crippen LogP contribution in [0.15, 0.2) is 58.1 Å². The number of aryl methyl sites for hydroxylation is 2. The van der Waals surface area contributed by atoms with Crippen LogP contribution in [-0.2, 0) is 17.9 Å². The molecule has 0 aliphatic heterocycles. The van der Waals surface area contributed by atoms with Crippen molar-refractivity contribution in [1.82, 2.24) is 24.1 Å². The fraction of sp³-hybridized carbons (Fsp3) is 0.385. The molecule has 0 radical (unpaired) electrons. The van der Waals surface area contributed by atoms with Gasteiger partial charge in [-0.1, -0.05) is 55.7 Å². The summed E-state index contributed by atoms with van der Waals surface area (Å²) in [6.45, 7) is 2.46. The number of carbonyl (C=O) groups is 1. The number of fused-ring (bicyclic) bond motifs is 3. The first-order valence-corrected chi connectivity index (χ1v) is 12.0. The Morgan fingerprint density at radius 2 is 1.76 bits per heavy atom. The smallest absolute Gasteiger partial charge is 0.352 e. The molecular weight excluding hydrogens is 430 g/mol. The monoisotopic (exact) mass is 459 g/mol. The van der Waals surface area contributed by atoms with Gasteiger partial charge in [-0.25, -0.2) is 13.9 Å². The molecule has 5 rings (SSSR count). The van der Waals surface area contributed by atoms with Gasteiger partial charge in [0.1, 0.15) is 0 Å². The van der Waals surface area contributed by atoms with Gasteiger partial charge in [0.2, 0.25) is 11.7 Å². The van der Waals surface area contributed by atoms with Crippen LogP contribution in [0, 0.1) is 6.92 Å². The Kier molecular flexibility index (Phi) is 6.04. The van der Waals surface area contributed by atoms with Crippen LogP contribution in [0.4, 0.5) is 0 Å². The lowest BCUT2D eigenvalue weighted by atomic mass is 9.95. The van der Waals surface area contributed by atoms with Crippen molar-refractivity contribution in [2.24, 2.45) is 0 Å². The number of carbonyl (C=O) groups excluding carboxylic acids is 1. The molecule has 8 nitrogen and oxygen atoms in total. The van der Waals surface area contributed by atoms with Crippen molar-refractivity contribution in [3.8, 4) is 0 Å². The number of hydrogen-bond acceptors (Lipinski definition) is 4. The number of rotatable bonds is 6. The largest absolute Gasteiger partial charge is 0.353 e. The second kappa shape index (κ2) is 9.29. The Balaban J connectivity index is 1.53. The maximum atomic E-state index is 13.4. The van der Waals surface area contributed by atoms with Gasteiger partial charge >= 0.3 is 5.69 Å². The van der Waals surface area contributed by atoms with Gasteiger partial charge in [0.25, 0.3) is 5.56 Å². The molecule has 176 valence electrons. The van der Waals surface area contributed by atoms with Crippen LogP contribution < -0.4 is 16.6 Å². The van der Waals surface area contributed by atoms with Gasteiger partial charge in [-0.15, -0.1) is 5.10 Å². The normalized spacial score (nSPS) is 14.6. The van der Waals surface area contributed by atoms with Crippen LogP contribution in [0.5, 0.6) is 0 Å². The van der Waals surface area contributed by atoms with E-state index >= 15 is 0 Å². The minimum Gasteiger partial charge on any atom is -0.353 e. The third kappa shape index (κ3) is 4.16. The molecule has 1 saturated carbocycles. The van der Waals surface area contributed by atoms with E-state index in [4.69, 9.17) is 0 Å². The van der Waals surface area contributed by atoms with Crippen LogP contribution >= 0.6 is 0 Å². The van der Waals surface area contributed by atoms with Crippen molar-refractivity contribution in [3.05, 3.63) is 80.5 Å². The molecule has 0 atom stereocenters. The first-order valence-electron chi connectivity index (χ1n) is 12.0. The van der Waals surface area contributed by atoms with E-state index in [0.29, 0.717) is 17.4 Å². The highest BCUT2D eigenvalue weighted by atomic mass is 16.2. The van der Waals surface area contributed by atoms with E-state index in [1.807, 2.05) is 31.2 Å². The molecule has 1 fully saturated rings. The van der Waals surface area contributed by atoms with E-state index in [9.17, 15) is 14.4 Å². The highest BCUT2D eigenvalue weighted by Gasteiger charge is 2.20. The number of nitrogens with one attached hydrogen (secondary N) is 1. The molecule has 34 heavy (non-hydrogen) atoms. The van der Waals surface area contributed by atoms with E-state index < -0.39 is 0 Å². The number of benzene rings is 2. The second-order valence-electron chi connectivity index (χ2n) is 9.13. The molecule has 1 amide bonds. The standard InChI is InChI=1S/C26H29N5O3/c1-18-9-5-6-10-19(18)17-30-26(34)31-22-14-8-7-13-21(22)24(33)29(25(31)28-30)16-15-23(32)27-20-11-3-2-4-12-20/h5-10,13-14,20H,2-4,11-12,15-17H2,1H3,(H,27,32). The summed E-state index contributed by atoms with van der Waals surface area (Å²) in [6.07, 6.45) is 5.66. The molecule has 0 unspecified atom stereocenters. The third-order valence-corrected chi connectivity index (χ3v) is 6.80. The summed E-state index contributed by atoms with van der Waals surface area (Å²) in [5.74, 6) is 0.180. The van der Waals surface area contributed by atoms with Crippen LogP contribution in [-0.4, -0.2) is 30.7 Å². The number of para-hydroxylation sites is 1. The van der Waals surface area contributed by atoms with Crippen molar-refractivity contribution < 1.29 is 4.79 Å². The molecule has 2 aromatic carbocycles. The zero-order chi connectivity index (χ0) is 23.7. The number of nitrogens with zero attached hydrogens (tertiary/aromatic N) is 4. The zero-order valence-corrected chi connectivity index (χ0v) is 19.4. The maximum Gasteiger partial charge on any atom is 0.352 e. The van der Waals surface area contributed by atoms with Crippen molar-refractivity contribution in [3.63, 3.8) is 0 Å². The lowest BCUT2D eigenvalue weighted by Gasteiger charge is -2.22. The summed E-state index contributed by atoms with van der Waals surface area (Å²) in [5, 5.41) is 8.08. The average Bonchev–Trinajstić information content (AvgIpc) is 3.17. The van der Waals surface area contributed by atoms with Gasteiger partial charge in [0, 0.05) is 19.0 Å². The number of amides is 1. The van der Waals surface area contributed by atoms with E-state index in [2.05, 4.69) is 10.4 Å². The van der Waals surface area contributed by atoms with Crippen molar-refractivity contribution in [2.45, 2.75) is 64.6 Å². The number of aromatic nitrogens is 4. The summed E-state index contributed by atoms with van der Waals surface area (Å²) in [4.78, 5) is 39.4. The van der Waals surface area contributed by atoms with Gasteiger partial charge in [-0.3, -0.25) is 14.2 Å². The van der Waals surface area contributed by atoms with E-state index in [-0.39, 0.29) is 41.9 Å². The Labute approximate surface area is 196 Å². The molecule has 2 aromatic heterocycles. The predicted octanol–water partition coefficient (Wildman–Crippen LogP) is 3.01. The maximum absolute atomic E-state index is 13.4. The SMILES string of the molecule is Cc1ccccc1Cn1nc2n(CCC(=O)NC3CCCCC3)c(=O)c3ccccc3n2c1=O. The van der Waals surface area contributed by atoms with E-state index in [1.165, 1.54) is 20.1 Å². The Morgan fingerprint density at radius 1 is 1.03 bits per heavy atom. The molecular formula is C26H29N5O3. The van der Waals surface area contributed by atoms with Crippen LogP contribution in [0.1, 0.15) is 49.7 Å². The van der Waals surface area contributed by atoms with Crippen molar-refractivity contribution >= 4 is 22.6 Å². The van der Waals surface area contributed by atoms with Gasteiger partial charge < -0.3 is 5.32 Å². The summed E-state index contributed by atoms with van der Waals surface area (Å²) < 4.78 is 4.33. The van der Waals surface area contributed by atoms with E-state index in [0.717, 1.165) is 36.8 Å². The van der Waals surface area contributed by atoms with Crippen LogP contribution in [0.25, 0.3) is 16.7 Å². The lowest BCUT2D eigenvalue weighted by Crippen LogP contribution is -2.37. The highest BCUT2D eigenvalue weighted by molar-refractivity contribution is 5.80. The first-order chi connectivity index (χ1) is 16.5. The third-order valence-electron chi connectivity index (χ3n) is 6.80. The van der Waals surface area contributed by atoms with Crippen LogP contribution in [0.3, 0.4) is 0 Å². The molecule has 0 bridgehead atoms. The quantitative estimate of drug-likeness (QED) is 0.480. The second-order valence-corrected chi connectivity index (χ2v) is 9.13. The highest BCUT2D eigenvalue weighted by Crippen LogP contribution is 2.18. The van der Waals surface area contributed by atoms with Crippen LogP contribution in [0.2, 0.25) is 0 Å². The van der Waals surface area contributed by atoms with Gasteiger partial charge in [0.15, 0.2) is 0 Å². The molecule has 1 N–H and O–H groups in total. The lowest BCUT2D eigenvalue weighted by molar-refractivity contribution is -0.122. The first kappa shape index (κ1) is 22.1. The van der Waals surface area contributed by atoms with Gasteiger partial charge in [-0.05, 0) is 43.0 Å². The van der Waals surface area contributed by atoms with Gasteiger partial charge in [-0.2, -0.15) is 0 Å². The summed E-state index contributed by atoms with van der Waals surface area (Å²) in [6, 6.07) is 15.1. The number of hydrogen-bond donors (Lipinski definition) is 1. The molecule has 1 aliphatic rings. The minimum atomic E-state index is -0.310. The van der Waals surface area contributed by atoms with E-state index in [1.54, 1.807) is 24.3 Å². The Morgan fingerprint density at radius 3 is 2.56 bits per heavy atom. The Bertz CT molecular complexity index is 1470. The molecule has 2 heterocycles. The summed E-state index contributed by atoms with van der Waals surface area (Å²) in [7, 11) is 0. The fourth-order valence-electron chi connectivity index (χ4n) is 4.88. The van der Waals surface area contributed by atoms with Crippen molar-refractivity contribution in [1.29, 1.82) is 0 Å². The summed E-state index contributed by atoms with van der Waals surface area (Å²) >= 11 is 0. The fourth-order valence-corrected chi connectivity index (χ4v) is 4.88. The molecule has 0 spiro atoms. The summed E-state index contributed by atoms with van der Waals surface area (Å²) in [5.41, 5.74) is 2.01. The van der Waals surface area contributed by atoms with Crippen molar-refractivity contribution in [2.75, 3.05) is 0 Å². The zero-order valence-electron chi connectivity index (χ0n) is 19.4. The predicted molar refractivity (Wildman–Crippen MR) is 131 cm³/mol.